The van der Waals surface area contributed by atoms with Crippen LogP contribution in [0.2, 0.25) is 0 Å². The van der Waals surface area contributed by atoms with Crippen molar-refractivity contribution in [3.8, 4) is 0 Å². The molecule has 0 aromatic carbocycles. The monoisotopic (exact) mass is 176 g/mol. The molecule has 0 saturated carbocycles. The standard InChI is InChI=1S/C4H10O.Na.H2O3Si.H/c1-3-5-4-2;;1-4(2)3;/h3-4H2,1-2H3;;1-2H;. The van der Waals surface area contributed by atoms with Crippen LogP contribution in [0.1, 0.15) is 13.8 Å². The van der Waals surface area contributed by atoms with Gasteiger partial charge in [0, 0.05) is 13.2 Å². The van der Waals surface area contributed by atoms with Gasteiger partial charge in [-0.25, -0.2) is 0 Å². The summed E-state index contributed by atoms with van der Waals surface area (Å²) in [5.74, 6) is 0. The molecule has 10 heavy (non-hydrogen) atoms. The van der Waals surface area contributed by atoms with Crippen LogP contribution in [-0.4, -0.2) is 61.5 Å². The molecule has 2 N–H and O–H groups in total. The SMILES string of the molecule is CCOCC.O=[Si](O)O.[NaH]. The fraction of sp³-hybridized carbons (Fsp3) is 1.00. The summed E-state index contributed by atoms with van der Waals surface area (Å²) in [5, 5.41) is 0. The van der Waals surface area contributed by atoms with E-state index in [-0.39, 0.29) is 29.6 Å². The molecule has 0 radical (unpaired) electrons. The van der Waals surface area contributed by atoms with Gasteiger partial charge >= 0.3 is 38.7 Å². The van der Waals surface area contributed by atoms with E-state index in [0.717, 1.165) is 13.2 Å². The summed E-state index contributed by atoms with van der Waals surface area (Å²) in [6.45, 7) is 5.67. The second-order valence-electron chi connectivity index (χ2n) is 1.06. The molecule has 0 aliphatic carbocycles. The molecule has 6 heteroatoms. The van der Waals surface area contributed by atoms with Crippen LogP contribution in [0.25, 0.3) is 0 Å². The zero-order valence-electron chi connectivity index (χ0n) is 5.63. The summed E-state index contributed by atoms with van der Waals surface area (Å²) in [6, 6.07) is 0. The fourth-order valence-electron chi connectivity index (χ4n) is 0.204. The van der Waals surface area contributed by atoms with Gasteiger partial charge in [-0.15, -0.1) is 0 Å². The van der Waals surface area contributed by atoms with E-state index in [9.17, 15) is 0 Å². The Bertz CT molecular complexity index is 64.3. The molecule has 0 aliphatic rings. The zero-order chi connectivity index (χ0) is 7.70. The molecule has 4 nitrogen and oxygen atoms in total. The Morgan fingerprint density at radius 1 is 1.30 bits per heavy atom. The van der Waals surface area contributed by atoms with Gasteiger partial charge in [0.2, 0.25) is 0 Å². The van der Waals surface area contributed by atoms with Crippen LogP contribution >= 0.6 is 0 Å². The fourth-order valence-corrected chi connectivity index (χ4v) is 0.204. The van der Waals surface area contributed by atoms with Crippen LogP contribution in [-0.2, 0) is 9.20 Å². The minimum absolute atomic E-state index is 0. The van der Waals surface area contributed by atoms with Crippen molar-refractivity contribution in [3.63, 3.8) is 0 Å². The minimum atomic E-state index is -3.13. The maximum absolute atomic E-state index is 8.74. The molecule has 0 saturated heterocycles. The first-order chi connectivity index (χ1) is 4.15. The normalized spacial score (nSPS) is 6.60. The van der Waals surface area contributed by atoms with Gasteiger partial charge in [0.1, 0.15) is 0 Å². The van der Waals surface area contributed by atoms with E-state index in [4.69, 9.17) is 18.8 Å². The quantitative estimate of drug-likeness (QED) is 0.518. The average Bonchev–Trinajstić information content (AvgIpc) is 1.66. The Morgan fingerprint density at radius 3 is 1.50 bits per heavy atom. The zero-order valence-corrected chi connectivity index (χ0v) is 6.63. The summed E-state index contributed by atoms with van der Waals surface area (Å²) >= 11 is 0. The van der Waals surface area contributed by atoms with Gasteiger partial charge in [-0.2, -0.15) is 0 Å². The second-order valence-corrected chi connectivity index (χ2v) is 1.63. The predicted octanol–water partition coefficient (Wildman–Crippen LogP) is -1.22. The molecule has 0 amide bonds. The first kappa shape index (κ1) is 16.9. The third-order valence-corrected chi connectivity index (χ3v) is 0.408. The van der Waals surface area contributed by atoms with Crippen molar-refractivity contribution in [1.82, 2.24) is 0 Å². The molecular weight excluding hydrogens is 163 g/mol. The number of hydrogen-bond donors (Lipinski definition) is 2. The Morgan fingerprint density at radius 2 is 1.50 bits per heavy atom. The van der Waals surface area contributed by atoms with Crippen molar-refractivity contribution in [3.05, 3.63) is 0 Å². The van der Waals surface area contributed by atoms with E-state index >= 15 is 0 Å². The molecule has 0 spiro atoms. The summed E-state index contributed by atoms with van der Waals surface area (Å²) in [6.07, 6.45) is 0. The van der Waals surface area contributed by atoms with E-state index < -0.39 is 9.17 Å². The van der Waals surface area contributed by atoms with Crippen molar-refractivity contribution >= 4 is 38.7 Å². The van der Waals surface area contributed by atoms with Crippen molar-refractivity contribution < 1.29 is 18.8 Å². The van der Waals surface area contributed by atoms with Crippen molar-refractivity contribution in [2.24, 2.45) is 0 Å². The van der Waals surface area contributed by atoms with Crippen molar-refractivity contribution in [1.29, 1.82) is 0 Å². The Balaban J connectivity index is -0.0000000910. The van der Waals surface area contributed by atoms with Gasteiger partial charge in [0.25, 0.3) is 0 Å². The van der Waals surface area contributed by atoms with Crippen LogP contribution in [0.15, 0.2) is 0 Å². The van der Waals surface area contributed by atoms with Gasteiger partial charge in [-0.05, 0) is 13.8 Å². The van der Waals surface area contributed by atoms with Gasteiger partial charge in [-0.1, -0.05) is 0 Å². The van der Waals surface area contributed by atoms with E-state index in [1.807, 2.05) is 13.8 Å². The van der Waals surface area contributed by atoms with Gasteiger partial charge in [-0.3, -0.25) is 4.46 Å². The van der Waals surface area contributed by atoms with Crippen LogP contribution in [0.3, 0.4) is 0 Å². The third kappa shape index (κ3) is 74.2. The van der Waals surface area contributed by atoms with Crippen LogP contribution in [0.4, 0.5) is 0 Å². The van der Waals surface area contributed by atoms with Crippen LogP contribution in [0.5, 0.6) is 0 Å². The first-order valence-corrected chi connectivity index (χ1v) is 3.95. The molecule has 0 aliphatic heterocycles. The van der Waals surface area contributed by atoms with Crippen molar-refractivity contribution in [2.45, 2.75) is 13.8 Å². The van der Waals surface area contributed by atoms with E-state index in [2.05, 4.69) is 0 Å². The molecule has 0 aromatic heterocycles. The first-order valence-electron chi connectivity index (χ1n) is 2.64. The number of hydrogen-bond acceptors (Lipinski definition) is 2. The van der Waals surface area contributed by atoms with E-state index in [0.29, 0.717) is 0 Å². The van der Waals surface area contributed by atoms with Crippen molar-refractivity contribution in [2.75, 3.05) is 13.2 Å². The molecule has 58 valence electrons. The Kier molecular flexibility index (Phi) is 27.5. The summed E-state index contributed by atoms with van der Waals surface area (Å²) < 4.78 is 13.6. The molecular formula is C4H13NaO4Si. The van der Waals surface area contributed by atoms with Crippen LogP contribution in [0, 0.1) is 0 Å². The predicted molar refractivity (Wildman–Crippen MR) is 40.2 cm³/mol. The molecule has 0 heterocycles. The maximum atomic E-state index is 8.74. The Hall–Kier alpha value is 0.577. The molecule has 0 aromatic rings. The molecule has 0 rings (SSSR count). The van der Waals surface area contributed by atoms with Gasteiger partial charge in [0.05, 0.1) is 0 Å². The topological polar surface area (TPSA) is 66.8 Å². The average molecular weight is 176 g/mol. The number of rotatable bonds is 2. The second kappa shape index (κ2) is 16.3. The Labute approximate surface area is 84.4 Å². The summed E-state index contributed by atoms with van der Waals surface area (Å²) in [5.41, 5.74) is 0. The van der Waals surface area contributed by atoms with E-state index in [1.165, 1.54) is 0 Å². The van der Waals surface area contributed by atoms with Gasteiger partial charge in [0.15, 0.2) is 0 Å². The summed E-state index contributed by atoms with van der Waals surface area (Å²) in [4.78, 5) is 14.3. The molecule has 0 bridgehead atoms. The molecule has 0 unspecified atom stereocenters. The van der Waals surface area contributed by atoms with Crippen LogP contribution < -0.4 is 0 Å². The number of ether oxygens (including phenoxy) is 1. The molecule has 0 atom stereocenters. The van der Waals surface area contributed by atoms with E-state index in [1.54, 1.807) is 0 Å². The van der Waals surface area contributed by atoms with Gasteiger partial charge < -0.3 is 14.3 Å². The molecule has 0 fully saturated rings. The third-order valence-electron chi connectivity index (χ3n) is 0.408. The summed E-state index contributed by atoms with van der Waals surface area (Å²) in [7, 11) is -3.13.